The van der Waals surface area contributed by atoms with Crippen LogP contribution < -0.4 is 5.32 Å². The Hall–Kier alpha value is -1.42. The number of amides is 1. The number of hydrogen-bond donors (Lipinski definition) is 1. The smallest absolute Gasteiger partial charge is 0.227 e. The van der Waals surface area contributed by atoms with Crippen LogP contribution in [0.3, 0.4) is 0 Å². The molecule has 1 N–H and O–H groups in total. The third-order valence-corrected chi connectivity index (χ3v) is 4.38. The summed E-state index contributed by atoms with van der Waals surface area (Å²) in [6.07, 6.45) is 5.12. The van der Waals surface area contributed by atoms with Gasteiger partial charge in [-0.2, -0.15) is 0 Å². The molecule has 1 atom stereocenters. The Morgan fingerprint density at radius 1 is 1.29 bits per heavy atom. The van der Waals surface area contributed by atoms with Crippen molar-refractivity contribution in [2.75, 3.05) is 19.6 Å². The van der Waals surface area contributed by atoms with Gasteiger partial charge in [-0.1, -0.05) is 12.1 Å². The minimum Gasteiger partial charge on any atom is -0.341 e. The first-order valence-corrected chi connectivity index (χ1v) is 7.96. The first-order valence-electron chi connectivity index (χ1n) is 7.96. The summed E-state index contributed by atoms with van der Waals surface area (Å²) in [5.74, 6) is 0.538. The standard InChI is InChI=1S/C17H23FN2O/c18-15-4-1-3-14(9-15)10-17(21)20(11-13-6-7-13)12-16-5-2-8-19-16/h1,3-4,9,13,16,19H,2,5-8,10-12H2. The van der Waals surface area contributed by atoms with Crippen molar-refractivity contribution in [3.8, 4) is 0 Å². The van der Waals surface area contributed by atoms with Gasteiger partial charge in [-0.25, -0.2) is 4.39 Å². The lowest BCUT2D eigenvalue weighted by Gasteiger charge is -2.26. The molecular formula is C17H23FN2O. The molecule has 1 aromatic rings. The number of carbonyl (C=O) groups is 1. The van der Waals surface area contributed by atoms with Crippen molar-refractivity contribution in [2.24, 2.45) is 5.92 Å². The van der Waals surface area contributed by atoms with E-state index in [2.05, 4.69) is 5.32 Å². The Bertz CT molecular complexity index is 495. The minimum atomic E-state index is -0.272. The van der Waals surface area contributed by atoms with E-state index in [9.17, 15) is 9.18 Å². The molecular weight excluding hydrogens is 267 g/mol. The zero-order chi connectivity index (χ0) is 14.7. The van der Waals surface area contributed by atoms with Crippen LogP contribution in [0.5, 0.6) is 0 Å². The van der Waals surface area contributed by atoms with E-state index in [4.69, 9.17) is 0 Å². The van der Waals surface area contributed by atoms with E-state index in [1.807, 2.05) is 11.0 Å². The van der Waals surface area contributed by atoms with Crippen LogP contribution in [0.25, 0.3) is 0 Å². The number of carbonyl (C=O) groups excluding carboxylic acids is 1. The van der Waals surface area contributed by atoms with Crippen molar-refractivity contribution in [2.45, 2.75) is 38.1 Å². The molecule has 1 aliphatic heterocycles. The first-order chi connectivity index (χ1) is 10.2. The van der Waals surface area contributed by atoms with E-state index < -0.39 is 0 Å². The van der Waals surface area contributed by atoms with Gasteiger partial charge < -0.3 is 10.2 Å². The number of nitrogens with one attached hydrogen (secondary N) is 1. The van der Waals surface area contributed by atoms with E-state index in [0.29, 0.717) is 18.4 Å². The number of rotatable bonds is 6. The predicted octanol–water partition coefficient (Wildman–Crippen LogP) is 2.36. The third-order valence-electron chi connectivity index (χ3n) is 4.38. The molecule has 1 aliphatic carbocycles. The fourth-order valence-electron chi connectivity index (χ4n) is 3.00. The number of nitrogens with zero attached hydrogens (tertiary/aromatic N) is 1. The SMILES string of the molecule is O=C(Cc1cccc(F)c1)N(CC1CC1)CC1CCCN1. The van der Waals surface area contributed by atoms with E-state index in [-0.39, 0.29) is 11.7 Å². The second-order valence-corrected chi connectivity index (χ2v) is 6.34. The van der Waals surface area contributed by atoms with E-state index in [1.54, 1.807) is 6.07 Å². The zero-order valence-corrected chi connectivity index (χ0v) is 12.4. The summed E-state index contributed by atoms with van der Waals surface area (Å²) in [6, 6.07) is 6.80. The van der Waals surface area contributed by atoms with Crippen molar-refractivity contribution in [1.82, 2.24) is 10.2 Å². The molecule has 2 aliphatic rings. The molecule has 4 heteroatoms. The maximum atomic E-state index is 13.2. The average molecular weight is 290 g/mol. The lowest BCUT2D eigenvalue weighted by atomic mass is 10.1. The van der Waals surface area contributed by atoms with Crippen molar-refractivity contribution >= 4 is 5.91 Å². The molecule has 0 aromatic heterocycles. The lowest BCUT2D eigenvalue weighted by Crippen LogP contribution is -2.42. The number of halogens is 1. The molecule has 1 aromatic carbocycles. The highest BCUT2D eigenvalue weighted by molar-refractivity contribution is 5.78. The second kappa shape index (κ2) is 6.56. The summed E-state index contributed by atoms with van der Waals surface area (Å²) in [6.45, 7) is 2.72. The fourth-order valence-corrected chi connectivity index (χ4v) is 3.00. The van der Waals surface area contributed by atoms with E-state index in [1.165, 1.54) is 31.4 Å². The maximum Gasteiger partial charge on any atom is 0.227 e. The van der Waals surface area contributed by atoms with Crippen LogP contribution in [0.1, 0.15) is 31.2 Å². The van der Waals surface area contributed by atoms with Crippen LogP contribution in [0.2, 0.25) is 0 Å². The summed E-state index contributed by atoms with van der Waals surface area (Å²) >= 11 is 0. The highest BCUT2D eigenvalue weighted by Crippen LogP contribution is 2.30. The third kappa shape index (κ3) is 4.27. The molecule has 0 spiro atoms. The van der Waals surface area contributed by atoms with Gasteiger partial charge in [0.2, 0.25) is 5.91 Å². The van der Waals surface area contributed by atoms with Gasteiger partial charge in [-0.3, -0.25) is 4.79 Å². The van der Waals surface area contributed by atoms with Crippen LogP contribution in [0, 0.1) is 11.7 Å². The van der Waals surface area contributed by atoms with Crippen molar-refractivity contribution < 1.29 is 9.18 Å². The minimum absolute atomic E-state index is 0.126. The topological polar surface area (TPSA) is 32.3 Å². The predicted molar refractivity (Wildman–Crippen MR) is 80.4 cm³/mol. The van der Waals surface area contributed by atoms with Crippen LogP contribution in [-0.2, 0) is 11.2 Å². The molecule has 2 fully saturated rings. The lowest BCUT2D eigenvalue weighted by molar-refractivity contribution is -0.131. The summed E-state index contributed by atoms with van der Waals surface area (Å²) in [7, 11) is 0. The highest BCUT2D eigenvalue weighted by atomic mass is 19.1. The fraction of sp³-hybridized carbons (Fsp3) is 0.588. The molecule has 1 amide bonds. The van der Waals surface area contributed by atoms with Gasteiger partial charge in [0, 0.05) is 19.1 Å². The van der Waals surface area contributed by atoms with Gasteiger partial charge in [-0.15, -0.1) is 0 Å². The van der Waals surface area contributed by atoms with Crippen LogP contribution >= 0.6 is 0 Å². The van der Waals surface area contributed by atoms with Gasteiger partial charge in [0.1, 0.15) is 5.82 Å². The quantitative estimate of drug-likeness (QED) is 0.872. The number of benzene rings is 1. The molecule has 21 heavy (non-hydrogen) atoms. The second-order valence-electron chi connectivity index (χ2n) is 6.34. The van der Waals surface area contributed by atoms with Gasteiger partial charge in [0.15, 0.2) is 0 Å². The highest BCUT2D eigenvalue weighted by Gasteiger charge is 2.29. The Morgan fingerprint density at radius 2 is 2.14 bits per heavy atom. The zero-order valence-electron chi connectivity index (χ0n) is 12.4. The Labute approximate surface area is 125 Å². The Morgan fingerprint density at radius 3 is 2.81 bits per heavy atom. The molecule has 0 radical (unpaired) electrons. The Balaban J connectivity index is 1.61. The van der Waals surface area contributed by atoms with Gasteiger partial charge in [0.25, 0.3) is 0 Å². The first kappa shape index (κ1) is 14.5. The summed E-state index contributed by atoms with van der Waals surface area (Å²) in [4.78, 5) is 14.5. The molecule has 1 saturated carbocycles. The number of hydrogen-bond acceptors (Lipinski definition) is 2. The van der Waals surface area contributed by atoms with Gasteiger partial charge >= 0.3 is 0 Å². The maximum absolute atomic E-state index is 13.2. The van der Waals surface area contributed by atoms with Gasteiger partial charge in [0.05, 0.1) is 6.42 Å². The van der Waals surface area contributed by atoms with E-state index in [0.717, 1.165) is 31.6 Å². The monoisotopic (exact) mass is 290 g/mol. The molecule has 3 nitrogen and oxygen atoms in total. The van der Waals surface area contributed by atoms with Crippen molar-refractivity contribution in [3.05, 3.63) is 35.6 Å². The van der Waals surface area contributed by atoms with E-state index >= 15 is 0 Å². The van der Waals surface area contributed by atoms with Crippen molar-refractivity contribution in [1.29, 1.82) is 0 Å². The van der Waals surface area contributed by atoms with Crippen molar-refractivity contribution in [3.63, 3.8) is 0 Å². The molecule has 1 saturated heterocycles. The molecule has 3 rings (SSSR count). The van der Waals surface area contributed by atoms with Gasteiger partial charge in [-0.05, 0) is 55.8 Å². The average Bonchev–Trinajstić information content (AvgIpc) is 3.12. The van der Waals surface area contributed by atoms with Crippen LogP contribution in [0.15, 0.2) is 24.3 Å². The Kier molecular flexibility index (Phi) is 4.54. The van der Waals surface area contributed by atoms with Crippen LogP contribution in [-0.4, -0.2) is 36.5 Å². The normalized spacial score (nSPS) is 21.5. The molecule has 1 unspecified atom stereocenters. The summed E-state index contributed by atoms with van der Waals surface area (Å²) in [5, 5.41) is 3.45. The molecule has 114 valence electrons. The largest absolute Gasteiger partial charge is 0.341 e. The molecule has 0 bridgehead atoms. The van der Waals surface area contributed by atoms with Crippen LogP contribution in [0.4, 0.5) is 4.39 Å². The summed E-state index contributed by atoms with van der Waals surface area (Å²) in [5.41, 5.74) is 0.764. The molecule has 1 heterocycles. The summed E-state index contributed by atoms with van der Waals surface area (Å²) < 4.78 is 13.2.